The molecule has 0 aromatic heterocycles. The molecule has 0 aliphatic rings. The van der Waals surface area contributed by atoms with Crippen molar-refractivity contribution >= 4 is 5.97 Å². The van der Waals surface area contributed by atoms with Crippen molar-refractivity contribution in [3.05, 3.63) is 23.8 Å². The summed E-state index contributed by atoms with van der Waals surface area (Å²) in [6.07, 6.45) is -0.891. The number of hydrogen-bond acceptors (Lipinski definition) is 3. The SMILES string of the molecule is CC.Cc1cc(O)ccc1OC(C)C(=O)O. The number of phenols is 1. The van der Waals surface area contributed by atoms with E-state index in [-0.39, 0.29) is 5.75 Å². The standard InChI is InChI=1S/C10H12O4.C2H6/c1-6-5-8(11)3-4-9(6)14-7(2)10(12)13;1-2/h3-5,7,11H,1-2H3,(H,12,13);1-2H3. The minimum atomic E-state index is -1.02. The van der Waals surface area contributed by atoms with Crippen LogP contribution in [-0.4, -0.2) is 22.3 Å². The summed E-state index contributed by atoms with van der Waals surface area (Å²) in [7, 11) is 0. The highest BCUT2D eigenvalue weighted by molar-refractivity contribution is 5.72. The molecule has 0 aliphatic heterocycles. The van der Waals surface area contributed by atoms with Gasteiger partial charge < -0.3 is 14.9 Å². The van der Waals surface area contributed by atoms with Gasteiger partial charge in [0.1, 0.15) is 11.5 Å². The molecule has 1 atom stereocenters. The Morgan fingerprint density at radius 3 is 2.38 bits per heavy atom. The predicted octanol–water partition coefficient (Wildman–Crippen LogP) is 2.58. The molecule has 0 fully saturated rings. The number of hydrogen-bond donors (Lipinski definition) is 2. The summed E-state index contributed by atoms with van der Waals surface area (Å²) in [4.78, 5) is 10.5. The lowest BCUT2D eigenvalue weighted by atomic mass is 10.2. The first-order valence-electron chi connectivity index (χ1n) is 5.20. The normalized spacial score (nSPS) is 11.0. The van der Waals surface area contributed by atoms with Crippen molar-refractivity contribution in [1.82, 2.24) is 0 Å². The topological polar surface area (TPSA) is 66.8 Å². The third-order valence-corrected chi connectivity index (χ3v) is 1.81. The van der Waals surface area contributed by atoms with Gasteiger partial charge >= 0.3 is 5.97 Å². The monoisotopic (exact) mass is 226 g/mol. The molecule has 0 amide bonds. The van der Waals surface area contributed by atoms with Crippen molar-refractivity contribution < 1.29 is 19.7 Å². The van der Waals surface area contributed by atoms with E-state index in [0.29, 0.717) is 11.3 Å². The average Bonchev–Trinajstić information content (AvgIpc) is 2.25. The zero-order valence-corrected chi connectivity index (χ0v) is 10.0. The van der Waals surface area contributed by atoms with Gasteiger partial charge in [-0.25, -0.2) is 4.79 Å². The van der Waals surface area contributed by atoms with Crippen LogP contribution < -0.4 is 4.74 Å². The number of carbonyl (C=O) groups is 1. The molecule has 1 aromatic rings. The molecule has 90 valence electrons. The first-order valence-corrected chi connectivity index (χ1v) is 5.20. The fourth-order valence-corrected chi connectivity index (χ4v) is 1.01. The predicted molar refractivity (Wildman–Crippen MR) is 61.9 cm³/mol. The zero-order valence-electron chi connectivity index (χ0n) is 10.0. The quantitative estimate of drug-likeness (QED) is 0.831. The van der Waals surface area contributed by atoms with Crippen molar-refractivity contribution in [2.24, 2.45) is 0 Å². The van der Waals surface area contributed by atoms with E-state index in [2.05, 4.69) is 0 Å². The number of rotatable bonds is 3. The number of benzene rings is 1. The van der Waals surface area contributed by atoms with E-state index in [9.17, 15) is 4.79 Å². The average molecular weight is 226 g/mol. The first kappa shape index (κ1) is 14.3. The van der Waals surface area contributed by atoms with Gasteiger partial charge in [-0.3, -0.25) is 0 Å². The molecule has 0 heterocycles. The number of ether oxygens (including phenoxy) is 1. The molecule has 1 rings (SSSR count). The van der Waals surface area contributed by atoms with Crippen LogP contribution in [0.1, 0.15) is 26.3 Å². The van der Waals surface area contributed by atoms with Gasteiger partial charge in [-0.1, -0.05) is 13.8 Å². The maximum Gasteiger partial charge on any atom is 0.344 e. The van der Waals surface area contributed by atoms with Crippen LogP contribution in [0.4, 0.5) is 0 Å². The molecule has 4 nitrogen and oxygen atoms in total. The fourth-order valence-electron chi connectivity index (χ4n) is 1.01. The highest BCUT2D eigenvalue weighted by Crippen LogP contribution is 2.23. The summed E-state index contributed by atoms with van der Waals surface area (Å²) >= 11 is 0. The van der Waals surface area contributed by atoms with Crippen LogP contribution in [0.3, 0.4) is 0 Å². The summed E-state index contributed by atoms with van der Waals surface area (Å²) in [5, 5.41) is 17.7. The maximum absolute atomic E-state index is 10.5. The first-order chi connectivity index (χ1) is 7.50. The largest absolute Gasteiger partial charge is 0.508 e. The Balaban J connectivity index is 0.00000106. The second-order valence-electron chi connectivity index (χ2n) is 3.05. The van der Waals surface area contributed by atoms with E-state index in [4.69, 9.17) is 14.9 Å². The molecule has 1 unspecified atom stereocenters. The highest BCUT2D eigenvalue weighted by atomic mass is 16.5. The van der Waals surface area contributed by atoms with Gasteiger partial charge in [-0.15, -0.1) is 0 Å². The van der Waals surface area contributed by atoms with E-state index in [0.717, 1.165) is 0 Å². The number of aryl methyl sites for hydroxylation is 1. The molecule has 16 heavy (non-hydrogen) atoms. The molecule has 4 heteroatoms. The summed E-state index contributed by atoms with van der Waals surface area (Å²) in [5.41, 5.74) is 0.707. The molecule has 0 spiro atoms. The van der Waals surface area contributed by atoms with E-state index < -0.39 is 12.1 Å². The lowest BCUT2D eigenvalue weighted by Gasteiger charge is -2.12. The molecule has 0 saturated carbocycles. The van der Waals surface area contributed by atoms with Crippen molar-refractivity contribution in [1.29, 1.82) is 0 Å². The second-order valence-corrected chi connectivity index (χ2v) is 3.05. The van der Waals surface area contributed by atoms with Gasteiger partial charge in [0.2, 0.25) is 0 Å². The lowest BCUT2D eigenvalue weighted by molar-refractivity contribution is -0.144. The van der Waals surface area contributed by atoms with Gasteiger partial charge in [0.25, 0.3) is 0 Å². The molecule has 0 bridgehead atoms. The third kappa shape index (κ3) is 4.21. The minimum absolute atomic E-state index is 0.137. The van der Waals surface area contributed by atoms with Gasteiger partial charge in [0, 0.05) is 0 Å². The van der Waals surface area contributed by atoms with Crippen LogP contribution in [0.5, 0.6) is 11.5 Å². The Bertz CT molecular complexity index is 347. The number of aliphatic carboxylic acids is 1. The van der Waals surface area contributed by atoms with Gasteiger partial charge in [0.05, 0.1) is 0 Å². The van der Waals surface area contributed by atoms with Gasteiger partial charge in [0.15, 0.2) is 6.10 Å². The van der Waals surface area contributed by atoms with E-state index in [1.807, 2.05) is 13.8 Å². The highest BCUT2D eigenvalue weighted by Gasteiger charge is 2.13. The summed E-state index contributed by atoms with van der Waals surface area (Å²) in [6.45, 7) is 7.19. The number of phenolic OH excluding ortho intramolecular Hbond substituents is 1. The Hall–Kier alpha value is -1.71. The third-order valence-electron chi connectivity index (χ3n) is 1.81. The zero-order chi connectivity index (χ0) is 12.7. The smallest absolute Gasteiger partial charge is 0.344 e. The lowest BCUT2D eigenvalue weighted by Crippen LogP contribution is -2.23. The number of carboxylic acids is 1. The maximum atomic E-state index is 10.5. The molecule has 0 radical (unpaired) electrons. The molecular formula is C12H18O4. The summed E-state index contributed by atoms with van der Waals surface area (Å²) < 4.78 is 5.15. The van der Waals surface area contributed by atoms with Crippen LogP contribution in [0.15, 0.2) is 18.2 Å². The minimum Gasteiger partial charge on any atom is -0.508 e. The van der Waals surface area contributed by atoms with Crippen molar-refractivity contribution in [2.75, 3.05) is 0 Å². The molecule has 0 saturated heterocycles. The van der Waals surface area contributed by atoms with Crippen molar-refractivity contribution in [3.63, 3.8) is 0 Å². The van der Waals surface area contributed by atoms with Gasteiger partial charge in [-0.05, 0) is 37.6 Å². The summed E-state index contributed by atoms with van der Waals surface area (Å²) in [5.74, 6) is -0.409. The van der Waals surface area contributed by atoms with Crippen LogP contribution in [-0.2, 0) is 4.79 Å². The summed E-state index contributed by atoms with van der Waals surface area (Å²) in [6, 6.07) is 4.52. The Labute approximate surface area is 95.5 Å². The molecular weight excluding hydrogens is 208 g/mol. The van der Waals surface area contributed by atoms with Crippen LogP contribution in [0.25, 0.3) is 0 Å². The Morgan fingerprint density at radius 2 is 1.94 bits per heavy atom. The van der Waals surface area contributed by atoms with E-state index in [1.54, 1.807) is 13.0 Å². The molecule has 0 aliphatic carbocycles. The van der Waals surface area contributed by atoms with E-state index in [1.165, 1.54) is 19.1 Å². The van der Waals surface area contributed by atoms with Crippen molar-refractivity contribution in [3.8, 4) is 11.5 Å². The number of aromatic hydroxyl groups is 1. The number of carboxylic acid groups (broad SMARTS) is 1. The molecule has 1 aromatic carbocycles. The van der Waals surface area contributed by atoms with Gasteiger partial charge in [-0.2, -0.15) is 0 Å². The van der Waals surface area contributed by atoms with Crippen LogP contribution in [0, 0.1) is 6.92 Å². The van der Waals surface area contributed by atoms with Crippen LogP contribution in [0.2, 0.25) is 0 Å². The van der Waals surface area contributed by atoms with E-state index >= 15 is 0 Å². The molecule has 2 N–H and O–H groups in total. The Morgan fingerprint density at radius 1 is 1.38 bits per heavy atom. The fraction of sp³-hybridized carbons (Fsp3) is 0.417. The Kier molecular flexibility index (Phi) is 6.00. The van der Waals surface area contributed by atoms with Crippen LogP contribution >= 0.6 is 0 Å². The van der Waals surface area contributed by atoms with Crippen molar-refractivity contribution in [2.45, 2.75) is 33.8 Å². The second kappa shape index (κ2) is 6.71.